The van der Waals surface area contributed by atoms with Crippen LogP contribution in [-0.4, -0.2) is 28.9 Å². The maximum atomic E-state index is 12.4. The first-order valence-corrected chi connectivity index (χ1v) is 7.87. The molecule has 2 heterocycles. The summed E-state index contributed by atoms with van der Waals surface area (Å²) in [6, 6.07) is 8.80. The van der Waals surface area contributed by atoms with E-state index in [0.717, 1.165) is 31.6 Å². The van der Waals surface area contributed by atoms with Gasteiger partial charge in [0.05, 0.1) is 15.7 Å². The molecule has 0 aliphatic carbocycles. The van der Waals surface area contributed by atoms with Gasteiger partial charge in [0.15, 0.2) is 0 Å². The first-order valence-electron chi connectivity index (χ1n) is 7.11. The Morgan fingerprint density at radius 1 is 1.14 bits per heavy atom. The zero-order chi connectivity index (χ0) is 15.5. The van der Waals surface area contributed by atoms with Gasteiger partial charge in [0.2, 0.25) is 0 Å². The number of aromatic nitrogens is 1. The van der Waals surface area contributed by atoms with Gasteiger partial charge < -0.3 is 10.2 Å². The summed E-state index contributed by atoms with van der Waals surface area (Å²) >= 11 is 12.3. The van der Waals surface area contributed by atoms with Gasteiger partial charge >= 0.3 is 0 Å². The molecule has 1 fully saturated rings. The van der Waals surface area contributed by atoms with Crippen LogP contribution in [-0.2, 0) is 0 Å². The lowest BCUT2D eigenvalue weighted by atomic mass is 10.2. The number of hydrogen-bond acceptors (Lipinski definition) is 3. The highest BCUT2D eigenvalue weighted by Gasteiger charge is 2.20. The van der Waals surface area contributed by atoms with Crippen LogP contribution >= 0.6 is 23.2 Å². The minimum absolute atomic E-state index is 0.0357. The third-order valence-electron chi connectivity index (χ3n) is 3.60. The number of likely N-dealkylation sites (tertiary alicyclic amines) is 1. The van der Waals surface area contributed by atoms with E-state index < -0.39 is 0 Å². The zero-order valence-electron chi connectivity index (χ0n) is 11.9. The molecule has 4 nitrogen and oxygen atoms in total. The molecule has 1 aliphatic heterocycles. The average Bonchev–Trinajstić information content (AvgIpc) is 3.05. The average molecular weight is 336 g/mol. The highest BCUT2D eigenvalue weighted by molar-refractivity contribution is 6.39. The molecule has 22 heavy (non-hydrogen) atoms. The Kier molecular flexibility index (Phi) is 4.50. The molecule has 6 heteroatoms. The fourth-order valence-corrected chi connectivity index (χ4v) is 2.96. The molecule has 1 saturated heterocycles. The molecular formula is C16H15Cl2N3O. The maximum Gasteiger partial charge on any atom is 0.272 e. The molecule has 2 aromatic rings. The van der Waals surface area contributed by atoms with Crippen molar-refractivity contribution in [2.24, 2.45) is 0 Å². The van der Waals surface area contributed by atoms with Crippen molar-refractivity contribution in [1.29, 1.82) is 0 Å². The summed E-state index contributed by atoms with van der Waals surface area (Å²) in [7, 11) is 0. The molecule has 0 spiro atoms. The fourth-order valence-electron chi connectivity index (χ4n) is 2.47. The molecule has 1 N–H and O–H groups in total. The fraction of sp³-hybridized carbons (Fsp3) is 0.250. The molecule has 1 amide bonds. The van der Waals surface area contributed by atoms with Gasteiger partial charge in [-0.25, -0.2) is 0 Å². The van der Waals surface area contributed by atoms with Crippen LogP contribution in [0.4, 0.5) is 11.4 Å². The summed E-state index contributed by atoms with van der Waals surface area (Å²) in [6.45, 7) is 1.60. The second kappa shape index (κ2) is 6.55. The van der Waals surface area contributed by atoms with Crippen molar-refractivity contribution in [1.82, 2.24) is 9.88 Å². The van der Waals surface area contributed by atoms with Crippen LogP contribution < -0.4 is 5.32 Å². The Bertz CT molecular complexity index is 679. The molecule has 0 unspecified atom stereocenters. The summed E-state index contributed by atoms with van der Waals surface area (Å²) in [6.07, 6.45) is 3.72. The maximum absolute atomic E-state index is 12.4. The minimum atomic E-state index is -0.0357. The quantitative estimate of drug-likeness (QED) is 0.905. The Morgan fingerprint density at radius 3 is 2.50 bits per heavy atom. The summed E-state index contributed by atoms with van der Waals surface area (Å²) < 4.78 is 0. The molecule has 1 aliphatic rings. The number of hydrogen-bond donors (Lipinski definition) is 1. The van der Waals surface area contributed by atoms with Gasteiger partial charge in [0.25, 0.3) is 5.91 Å². The van der Waals surface area contributed by atoms with Gasteiger partial charge in [-0.2, -0.15) is 0 Å². The Morgan fingerprint density at radius 2 is 1.82 bits per heavy atom. The minimum Gasteiger partial charge on any atom is -0.353 e. The van der Waals surface area contributed by atoms with Crippen LogP contribution in [0.2, 0.25) is 10.0 Å². The second-order valence-corrected chi connectivity index (χ2v) is 5.97. The van der Waals surface area contributed by atoms with E-state index in [1.54, 1.807) is 36.5 Å². The Labute approximate surface area is 139 Å². The summed E-state index contributed by atoms with van der Waals surface area (Å²) in [4.78, 5) is 18.4. The van der Waals surface area contributed by atoms with E-state index in [9.17, 15) is 4.79 Å². The number of halogens is 2. The van der Waals surface area contributed by atoms with Crippen LogP contribution in [0.15, 0.2) is 36.5 Å². The van der Waals surface area contributed by atoms with Crippen LogP contribution in [0, 0.1) is 0 Å². The largest absolute Gasteiger partial charge is 0.353 e. The van der Waals surface area contributed by atoms with Crippen molar-refractivity contribution in [2.75, 3.05) is 18.4 Å². The van der Waals surface area contributed by atoms with Crippen molar-refractivity contribution < 1.29 is 4.79 Å². The van der Waals surface area contributed by atoms with Crippen LogP contribution in [0.5, 0.6) is 0 Å². The number of pyridine rings is 1. The Balaban J connectivity index is 1.83. The molecule has 3 rings (SSSR count). The molecule has 1 aromatic carbocycles. The number of rotatable bonds is 3. The predicted molar refractivity (Wildman–Crippen MR) is 89.1 cm³/mol. The van der Waals surface area contributed by atoms with Crippen molar-refractivity contribution in [3.63, 3.8) is 0 Å². The number of nitrogens with zero attached hydrogens (tertiary/aromatic N) is 2. The highest BCUT2D eigenvalue weighted by Crippen LogP contribution is 2.32. The predicted octanol–water partition coefficient (Wildman–Crippen LogP) is 4.37. The first kappa shape index (κ1) is 15.1. The second-order valence-electron chi connectivity index (χ2n) is 5.15. The van der Waals surface area contributed by atoms with E-state index in [-0.39, 0.29) is 5.91 Å². The van der Waals surface area contributed by atoms with Gasteiger partial charge in [-0.1, -0.05) is 29.3 Å². The SMILES string of the molecule is O=C(c1cc(Nc2c(Cl)cccc2Cl)ccn1)N1CCCC1. The van der Waals surface area contributed by atoms with Crippen molar-refractivity contribution in [2.45, 2.75) is 12.8 Å². The van der Waals surface area contributed by atoms with Crippen LogP contribution in [0.25, 0.3) is 0 Å². The molecule has 114 valence electrons. The standard InChI is InChI=1S/C16H15Cl2N3O/c17-12-4-3-5-13(18)15(12)20-11-6-7-19-14(10-11)16(22)21-8-1-2-9-21/h3-7,10H,1-2,8-9H2,(H,19,20). The van der Waals surface area contributed by atoms with Crippen molar-refractivity contribution in [3.05, 3.63) is 52.3 Å². The van der Waals surface area contributed by atoms with Crippen LogP contribution in [0.3, 0.4) is 0 Å². The van der Waals surface area contributed by atoms with Crippen molar-refractivity contribution >= 4 is 40.5 Å². The third-order valence-corrected chi connectivity index (χ3v) is 4.23. The lowest BCUT2D eigenvalue weighted by Gasteiger charge is -2.15. The summed E-state index contributed by atoms with van der Waals surface area (Å²) in [5.41, 5.74) is 1.78. The zero-order valence-corrected chi connectivity index (χ0v) is 13.4. The summed E-state index contributed by atoms with van der Waals surface area (Å²) in [5, 5.41) is 4.20. The van der Waals surface area contributed by atoms with E-state index in [2.05, 4.69) is 10.3 Å². The number of para-hydroxylation sites is 1. The van der Waals surface area contributed by atoms with E-state index >= 15 is 0 Å². The number of benzene rings is 1. The van der Waals surface area contributed by atoms with Gasteiger partial charge in [0.1, 0.15) is 5.69 Å². The van der Waals surface area contributed by atoms with Gasteiger partial charge in [0, 0.05) is 25.0 Å². The van der Waals surface area contributed by atoms with E-state index in [1.807, 2.05) is 4.90 Å². The molecule has 0 atom stereocenters. The monoisotopic (exact) mass is 335 g/mol. The lowest BCUT2D eigenvalue weighted by molar-refractivity contribution is 0.0787. The smallest absolute Gasteiger partial charge is 0.272 e. The van der Waals surface area contributed by atoms with E-state index in [4.69, 9.17) is 23.2 Å². The molecule has 0 bridgehead atoms. The van der Waals surface area contributed by atoms with Crippen LogP contribution in [0.1, 0.15) is 23.3 Å². The number of nitrogens with one attached hydrogen (secondary N) is 1. The van der Waals surface area contributed by atoms with Gasteiger partial charge in [-0.3, -0.25) is 9.78 Å². The Hall–Kier alpha value is -1.78. The van der Waals surface area contributed by atoms with E-state index in [1.165, 1.54) is 0 Å². The highest BCUT2D eigenvalue weighted by atomic mass is 35.5. The van der Waals surface area contributed by atoms with E-state index in [0.29, 0.717) is 21.4 Å². The van der Waals surface area contributed by atoms with Crippen molar-refractivity contribution in [3.8, 4) is 0 Å². The number of amides is 1. The number of carbonyl (C=O) groups is 1. The summed E-state index contributed by atoms with van der Waals surface area (Å²) in [5.74, 6) is -0.0357. The molecule has 0 radical (unpaired) electrons. The van der Waals surface area contributed by atoms with Gasteiger partial charge in [-0.15, -0.1) is 0 Å². The number of carbonyl (C=O) groups excluding carboxylic acids is 1. The van der Waals surface area contributed by atoms with Gasteiger partial charge in [-0.05, 0) is 37.1 Å². The number of anilines is 2. The molecular weight excluding hydrogens is 321 g/mol. The molecule has 0 saturated carbocycles. The topological polar surface area (TPSA) is 45.2 Å². The molecule has 1 aromatic heterocycles. The lowest BCUT2D eigenvalue weighted by Crippen LogP contribution is -2.28. The first-order chi connectivity index (χ1) is 10.6. The third kappa shape index (κ3) is 3.18. The normalized spacial score (nSPS) is 14.2.